The van der Waals surface area contributed by atoms with Gasteiger partial charge in [-0.2, -0.15) is 12.7 Å². The highest BCUT2D eigenvalue weighted by Crippen LogP contribution is 1.96. The minimum Gasteiger partial charge on any atom is -0.481 e. The van der Waals surface area contributed by atoms with Crippen molar-refractivity contribution in [3.05, 3.63) is 0 Å². The second-order valence-electron chi connectivity index (χ2n) is 3.59. The Morgan fingerprint density at radius 1 is 1.33 bits per heavy atom. The number of primary sulfonamides is 1. The molecule has 0 aromatic heterocycles. The van der Waals surface area contributed by atoms with E-state index in [1.165, 1.54) is 7.05 Å². The molecule has 0 spiro atoms. The van der Waals surface area contributed by atoms with Crippen LogP contribution in [0.5, 0.6) is 0 Å². The second-order valence-corrected chi connectivity index (χ2v) is 7.18. The molecule has 18 heavy (non-hydrogen) atoms. The first-order chi connectivity index (χ1) is 8.04. The van der Waals surface area contributed by atoms with Crippen LogP contribution in [0.4, 0.5) is 0 Å². The minimum atomic E-state index is -3.79. The van der Waals surface area contributed by atoms with Gasteiger partial charge in [0.2, 0.25) is 10.0 Å². The molecule has 0 radical (unpaired) electrons. The number of hydrogen-bond donors (Lipinski definition) is 3. The van der Waals surface area contributed by atoms with Gasteiger partial charge in [0.15, 0.2) is 0 Å². The van der Waals surface area contributed by atoms with Crippen LogP contribution in [-0.4, -0.2) is 58.1 Å². The van der Waals surface area contributed by atoms with Crippen LogP contribution in [0, 0.1) is 0 Å². The molecule has 0 amide bonds. The van der Waals surface area contributed by atoms with E-state index in [4.69, 9.17) is 10.2 Å². The van der Waals surface area contributed by atoms with E-state index in [2.05, 4.69) is 4.72 Å². The standard InChI is InChI=1S/C7H17N3O6S2/c1-10(5-3-7(11)12)18(15,16)9-4-2-6-17(8,13)14/h9H,2-6H2,1H3,(H,11,12)(H2,8,13,14). The molecule has 0 saturated heterocycles. The quantitative estimate of drug-likeness (QED) is 0.416. The van der Waals surface area contributed by atoms with Gasteiger partial charge in [-0.15, -0.1) is 0 Å². The van der Waals surface area contributed by atoms with Crippen molar-refractivity contribution in [2.45, 2.75) is 12.8 Å². The molecule has 0 atom stereocenters. The van der Waals surface area contributed by atoms with Crippen molar-refractivity contribution in [1.29, 1.82) is 0 Å². The first-order valence-corrected chi connectivity index (χ1v) is 8.13. The highest BCUT2D eigenvalue weighted by atomic mass is 32.2. The van der Waals surface area contributed by atoms with Gasteiger partial charge in [-0.05, 0) is 6.42 Å². The maximum Gasteiger partial charge on any atom is 0.304 e. The van der Waals surface area contributed by atoms with Crippen molar-refractivity contribution >= 4 is 26.2 Å². The number of rotatable bonds is 9. The number of sulfonamides is 1. The fourth-order valence-electron chi connectivity index (χ4n) is 0.958. The summed E-state index contributed by atoms with van der Waals surface area (Å²) in [5, 5.41) is 13.2. The Morgan fingerprint density at radius 3 is 2.33 bits per heavy atom. The summed E-state index contributed by atoms with van der Waals surface area (Å²) >= 11 is 0. The lowest BCUT2D eigenvalue weighted by Crippen LogP contribution is -2.40. The van der Waals surface area contributed by atoms with Gasteiger partial charge in [0.05, 0.1) is 12.2 Å². The van der Waals surface area contributed by atoms with E-state index >= 15 is 0 Å². The fourth-order valence-corrected chi connectivity index (χ4v) is 2.46. The van der Waals surface area contributed by atoms with Crippen molar-refractivity contribution in [3.63, 3.8) is 0 Å². The first-order valence-electron chi connectivity index (χ1n) is 4.98. The first kappa shape index (κ1) is 17.2. The molecule has 0 aliphatic rings. The van der Waals surface area contributed by atoms with E-state index in [9.17, 15) is 21.6 Å². The highest BCUT2D eigenvalue weighted by molar-refractivity contribution is 7.89. The van der Waals surface area contributed by atoms with Gasteiger partial charge < -0.3 is 5.11 Å². The van der Waals surface area contributed by atoms with Crippen LogP contribution in [0.1, 0.15) is 12.8 Å². The molecule has 4 N–H and O–H groups in total. The maximum absolute atomic E-state index is 11.5. The summed E-state index contributed by atoms with van der Waals surface area (Å²) < 4.78 is 47.2. The number of carbonyl (C=O) groups is 1. The molecule has 0 aromatic carbocycles. The number of nitrogens with two attached hydrogens (primary N) is 1. The molecule has 9 nitrogen and oxygen atoms in total. The van der Waals surface area contributed by atoms with Crippen LogP contribution in [0.3, 0.4) is 0 Å². The van der Waals surface area contributed by atoms with Gasteiger partial charge in [0.25, 0.3) is 10.2 Å². The predicted octanol–water partition coefficient (Wildman–Crippen LogP) is -2.09. The average molecular weight is 303 g/mol. The van der Waals surface area contributed by atoms with Crippen LogP contribution in [0.15, 0.2) is 0 Å². The normalized spacial score (nSPS) is 12.8. The Labute approximate surface area is 106 Å². The minimum absolute atomic E-state index is 0.0465. The van der Waals surface area contributed by atoms with E-state index in [-0.39, 0.29) is 31.7 Å². The van der Waals surface area contributed by atoms with Gasteiger partial charge in [0.1, 0.15) is 0 Å². The van der Waals surface area contributed by atoms with E-state index in [0.717, 1.165) is 4.31 Å². The number of aliphatic carboxylic acids is 1. The zero-order chi connectivity index (χ0) is 14.4. The maximum atomic E-state index is 11.5. The largest absolute Gasteiger partial charge is 0.481 e. The molecule has 0 bridgehead atoms. The average Bonchev–Trinajstić information content (AvgIpc) is 2.19. The molecule has 0 unspecified atom stereocenters. The lowest BCUT2D eigenvalue weighted by Gasteiger charge is -2.16. The molecule has 0 aliphatic carbocycles. The fraction of sp³-hybridized carbons (Fsp3) is 0.857. The van der Waals surface area contributed by atoms with Gasteiger partial charge in [-0.3, -0.25) is 4.79 Å². The van der Waals surface area contributed by atoms with Crippen molar-refractivity contribution in [2.75, 3.05) is 25.9 Å². The number of carboxylic acid groups (broad SMARTS) is 1. The lowest BCUT2D eigenvalue weighted by molar-refractivity contribution is -0.137. The second kappa shape index (κ2) is 6.99. The van der Waals surface area contributed by atoms with Crippen LogP contribution >= 0.6 is 0 Å². The van der Waals surface area contributed by atoms with Crippen LogP contribution in [-0.2, 0) is 25.0 Å². The van der Waals surface area contributed by atoms with Gasteiger partial charge >= 0.3 is 5.97 Å². The molecular formula is C7H17N3O6S2. The topological polar surface area (TPSA) is 147 Å². The third-order valence-corrected chi connectivity index (χ3v) is 4.37. The van der Waals surface area contributed by atoms with E-state index in [1.54, 1.807) is 0 Å². The molecule has 0 saturated carbocycles. The summed E-state index contributed by atoms with van der Waals surface area (Å²) in [6, 6.07) is 0. The van der Waals surface area contributed by atoms with E-state index < -0.39 is 26.2 Å². The third-order valence-electron chi connectivity index (χ3n) is 1.94. The van der Waals surface area contributed by atoms with Crippen LogP contribution in [0.2, 0.25) is 0 Å². The Balaban J connectivity index is 4.11. The zero-order valence-corrected chi connectivity index (χ0v) is 11.5. The summed E-state index contributed by atoms with van der Waals surface area (Å²) in [5.74, 6) is -1.43. The van der Waals surface area contributed by atoms with Crippen molar-refractivity contribution in [1.82, 2.24) is 9.03 Å². The summed E-state index contributed by atoms with van der Waals surface area (Å²) in [6.07, 6.45) is -0.264. The monoisotopic (exact) mass is 303 g/mol. The molecule has 0 heterocycles. The number of nitrogens with zero attached hydrogens (tertiary/aromatic N) is 1. The summed E-state index contributed by atoms with van der Waals surface area (Å²) in [5.41, 5.74) is 0. The summed E-state index contributed by atoms with van der Waals surface area (Å²) in [4.78, 5) is 10.3. The van der Waals surface area contributed by atoms with Crippen molar-refractivity contribution < 1.29 is 26.7 Å². The zero-order valence-electron chi connectivity index (χ0n) is 9.87. The molecular weight excluding hydrogens is 286 g/mol. The van der Waals surface area contributed by atoms with E-state index in [0.29, 0.717) is 0 Å². The van der Waals surface area contributed by atoms with Crippen LogP contribution in [0.25, 0.3) is 0 Å². The van der Waals surface area contributed by atoms with Crippen molar-refractivity contribution in [2.24, 2.45) is 5.14 Å². The Kier molecular flexibility index (Phi) is 6.70. The van der Waals surface area contributed by atoms with Gasteiger partial charge in [-0.25, -0.2) is 18.3 Å². The summed E-state index contributed by atoms with van der Waals surface area (Å²) in [7, 11) is -6.17. The van der Waals surface area contributed by atoms with Gasteiger partial charge in [0, 0.05) is 20.1 Å². The molecule has 11 heteroatoms. The Bertz CT molecular complexity index is 471. The molecule has 0 aliphatic heterocycles. The van der Waals surface area contributed by atoms with E-state index in [1.807, 2.05) is 0 Å². The SMILES string of the molecule is CN(CCC(=O)O)S(=O)(=O)NCCCS(N)(=O)=O. The molecule has 0 aromatic rings. The van der Waals surface area contributed by atoms with Crippen LogP contribution < -0.4 is 9.86 Å². The Hall–Kier alpha value is -0.750. The van der Waals surface area contributed by atoms with Gasteiger partial charge in [-0.1, -0.05) is 0 Å². The number of nitrogens with one attached hydrogen (secondary N) is 1. The molecule has 0 rings (SSSR count). The smallest absolute Gasteiger partial charge is 0.304 e. The predicted molar refractivity (Wildman–Crippen MR) is 64.4 cm³/mol. The third kappa shape index (κ3) is 8.36. The number of carboxylic acids is 1. The van der Waals surface area contributed by atoms with Crippen molar-refractivity contribution in [3.8, 4) is 0 Å². The lowest BCUT2D eigenvalue weighted by atomic mass is 10.4. The Morgan fingerprint density at radius 2 is 1.89 bits per heavy atom. The number of hydrogen-bond acceptors (Lipinski definition) is 5. The highest BCUT2D eigenvalue weighted by Gasteiger charge is 2.17. The molecule has 0 fully saturated rings. The summed E-state index contributed by atoms with van der Waals surface area (Å²) in [6.45, 7) is -0.254. The molecule has 108 valence electrons.